The predicted molar refractivity (Wildman–Crippen MR) is 97.1 cm³/mol. The van der Waals surface area contributed by atoms with Crippen molar-refractivity contribution >= 4 is 35.3 Å². The molecule has 25 heavy (non-hydrogen) atoms. The minimum Gasteiger partial charge on any atom is -0.466 e. The van der Waals surface area contributed by atoms with Crippen LogP contribution in [0.25, 0.3) is 6.08 Å². The molecule has 1 heterocycles. The van der Waals surface area contributed by atoms with Crippen molar-refractivity contribution < 1.29 is 18.7 Å². The van der Waals surface area contributed by atoms with Crippen LogP contribution in [0.1, 0.15) is 25.3 Å². The molecule has 7 heteroatoms. The molecule has 1 aliphatic heterocycles. The topological polar surface area (TPSA) is 58.6 Å². The lowest BCUT2D eigenvalue weighted by atomic mass is 9.98. The van der Waals surface area contributed by atoms with E-state index in [-0.39, 0.29) is 23.6 Å². The molecule has 0 unspecified atom stereocenters. The molecule has 1 amide bonds. The maximum Gasteiger partial charge on any atom is 0.310 e. The molecule has 0 aliphatic carbocycles. The van der Waals surface area contributed by atoms with Crippen LogP contribution in [0.5, 0.6) is 0 Å². The molecule has 1 saturated heterocycles. The standard InChI is InChI=1S/C18H21FN2O3S/c1-2-24-17(23)14-4-3-11-21(12-14)18(25)20-16(22)10-7-13-5-8-15(19)9-6-13/h5-10,14H,2-4,11-12H2,1H3,(H,20,22,25)/b10-7+/t14-/m1/s1. The number of piperidine rings is 1. The summed E-state index contributed by atoms with van der Waals surface area (Å²) in [5.74, 6) is -1.15. The highest BCUT2D eigenvalue weighted by Crippen LogP contribution is 2.18. The number of hydrogen-bond donors (Lipinski definition) is 1. The summed E-state index contributed by atoms with van der Waals surface area (Å²) in [6.45, 7) is 3.26. The van der Waals surface area contributed by atoms with Gasteiger partial charge in [0.1, 0.15) is 5.82 Å². The van der Waals surface area contributed by atoms with Gasteiger partial charge >= 0.3 is 5.97 Å². The fourth-order valence-electron chi connectivity index (χ4n) is 2.59. The SMILES string of the molecule is CCOC(=O)[C@@H]1CCCN(C(=S)NC(=O)/C=C/c2ccc(F)cc2)C1. The Balaban J connectivity index is 1.86. The van der Waals surface area contributed by atoms with Crippen molar-refractivity contribution in [1.82, 2.24) is 10.2 Å². The lowest BCUT2D eigenvalue weighted by Gasteiger charge is -2.33. The van der Waals surface area contributed by atoms with Crippen LogP contribution in [-0.2, 0) is 14.3 Å². The molecule has 0 radical (unpaired) electrons. The van der Waals surface area contributed by atoms with Gasteiger partial charge in [0.05, 0.1) is 12.5 Å². The van der Waals surface area contributed by atoms with Crippen LogP contribution in [0, 0.1) is 11.7 Å². The van der Waals surface area contributed by atoms with Crippen molar-refractivity contribution in [1.29, 1.82) is 0 Å². The van der Waals surface area contributed by atoms with Crippen molar-refractivity contribution in [2.24, 2.45) is 5.92 Å². The van der Waals surface area contributed by atoms with Crippen LogP contribution in [0.3, 0.4) is 0 Å². The van der Waals surface area contributed by atoms with E-state index in [0.29, 0.717) is 30.4 Å². The molecule has 134 valence electrons. The number of hydrogen-bond acceptors (Lipinski definition) is 4. The Bertz CT molecular complexity index is 661. The van der Waals surface area contributed by atoms with E-state index in [2.05, 4.69) is 5.32 Å². The Morgan fingerprint density at radius 3 is 2.80 bits per heavy atom. The second-order valence-corrected chi connectivity index (χ2v) is 6.10. The van der Waals surface area contributed by atoms with E-state index >= 15 is 0 Å². The van der Waals surface area contributed by atoms with E-state index in [9.17, 15) is 14.0 Å². The van der Waals surface area contributed by atoms with Crippen LogP contribution >= 0.6 is 12.2 Å². The molecule has 0 spiro atoms. The zero-order chi connectivity index (χ0) is 18.2. The molecule has 1 aromatic carbocycles. The molecule has 0 saturated carbocycles. The van der Waals surface area contributed by atoms with E-state index in [1.165, 1.54) is 18.2 Å². The molecule has 1 aromatic rings. The van der Waals surface area contributed by atoms with Crippen molar-refractivity contribution in [2.75, 3.05) is 19.7 Å². The number of benzene rings is 1. The Labute approximate surface area is 151 Å². The predicted octanol–water partition coefficient (Wildman–Crippen LogP) is 2.52. The van der Waals surface area contributed by atoms with Gasteiger partial charge in [-0.1, -0.05) is 12.1 Å². The third-order valence-corrected chi connectivity index (χ3v) is 4.22. The summed E-state index contributed by atoms with van der Waals surface area (Å²) in [4.78, 5) is 25.6. The second kappa shape index (κ2) is 9.27. The van der Waals surface area contributed by atoms with Crippen LogP contribution in [0.15, 0.2) is 30.3 Å². The minimum atomic E-state index is -0.368. The molecule has 1 N–H and O–H groups in total. The van der Waals surface area contributed by atoms with Crippen LogP contribution in [0.2, 0.25) is 0 Å². The summed E-state index contributed by atoms with van der Waals surface area (Å²) >= 11 is 5.26. The molecule has 5 nitrogen and oxygen atoms in total. The van der Waals surface area contributed by atoms with Gasteiger partial charge < -0.3 is 9.64 Å². The average molecular weight is 364 g/mol. The molecule has 1 fully saturated rings. The number of rotatable bonds is 4. The summed E-state index contributed by atoms with van der Waals surface area (Å²) in [5.41, 5.74) is 0.711. The Morgan fingerprint density at radius 2 is 2.12 bits per heavy atom. The van der Waals surface area contributed by atoms with Gasteiger partial charge in [0.2, 0.25) is 5.91 Å². The largest absolute Gasteiger partial charge is 0.466 e. The second-order valence-electron chi connectivity index (χ2n) is 5.72. The number of likely N-dealkylation sites (tertiary alicyclic amines) is 1. The number of halogens is 1. The lowest BCUT2D eigenvalue weighted by molar-refractivity contribution is -0.149. The third-order valence-electron chi connectivity index (χ3n) is 3.86. The highest BCUT2D eigenvalue weighted by Gasteiger charge is 2.28. The van der Waals surface area contributed by atoms with Gasteiger partial charge in [-0.3, -0.25) is 14.9 Å². The quantitative estimate of drug-likeness (QED) is 0.505. The Kier molecular flexibility index (Phi) is 7.06. The molecule has 0 bridgehead atoms. The first kappa shape index (κ1) is 19.1. The number of ether oxygens (including phenoxy) is 1. The molecular weight excluding hydrogens is 343 g/mol. The summed E-state index contributed by atoms with van der Waals surface area (Å²) < 4.78 is 17.9. The maximum atomic E-state index is 12.8. The minimum absolute atomic E-state index is 0.224. The van der Waals surface area contributed by atoms with E-state index < -0.39 is 0 Å². The van der Waals surface area contributed by atoms with Gasteiger partial charge in [-0.05, 0) is 55.8 Å². The Hall–Kier alpha value is -2.28. The number of esters is 1. The van der Waals surface area contributed by atoms with E-state index in [1.807, 2.05) is 4.90 Å². The van der Waals surface area contributed by atoms with Crippen LogP contribution in [0.4, 0.5) is 4.39 Å². The van der Waals surface area contributed by atoms with Crippen molar-refractivity contribution in [3.63, 3.8) is 0 Å². The van der Waals surface area contributed by atoms with Gasteiger partial charge in [-0.2, -0.15) is 0 Å². The van der Waals surface area contributed by atoms with E-state index in [1.54, 1.807) is 25.1 Å². The molecule has 2 rings (SSSR count). The van der Waals surface area contributed by atoms with Gasteiger partial charge in [-0.15, -0.1) is 0 Å². The summed E-state index contributed by atoms with van der Waals surface area (Å²) in [7, 11) is 0. The molecule has 1 atom stereocenters. The van der Waals surface area contributed by atoms with Crippen molar-refractivity contribution in [2.45, 2.75) is 19.8 Å². The Morgan fingerprint density at radius 1 is 1.40 bits per heavy atom. The molecular formula is C18H21FN2O3S. The molecule has 1 aliphatic rings. The monoisotopic (exact) mass is 364 g/mol. The van der Waals surface area contributed by atoms with Crippen LogP contribution < -0.4 is 5.32 Å². The van der Waals surface area contributed by atoms with Gasteiger partial charge in [0.15, 0.2) is 5.11 Å². The number of nitrogens with one attached hydrogen (secondary N) is 1. The summed E-state index contributed by atoms with van der Waals surface area (Å²) in [6.07, 6.45) is 4.49. The highest BCUT2D eigenvalue weighted by molar-refractivity contribution is 7.80. The summed E-state index contributed by atoms with van der Waals surface area (Å²) in [5, 5.41) is 2.92. The number of thiocarbonyl (C=S) groups is 1. The number of amides is 1. The first-order valence-electron chi connectivity index (χ1n) is 8.19. The van der Waals surface area contributed by atoms with Crippen molar-refractivity contribution in [3.05, 3.63) is 41.7 Å². The van der Waals surface area contributed by atoms with Crippen LogP contribution in [-0.4, -0.2) is 41.6 Å². The van der Waals surface area contributed by atoms with Gasteiger partial charge in [-0.25, -0.2) is 4.39 Å². The third kappa shape index (κ3) is 5.94. The van der Waals surface area contributed by atoms with Crippen molar-refractivity contribution in [3.8, 4) is 0 Å². The first-order chi connectivity index (χ1) is 12.0. The van der Waals surface area contributed by atoms with E-state index in [4.69, 9.17) is 17.0 Å². The maximum absolute atomic E-state index is 12.8. The van der Waals surface area contributed by atoms with Gasteiger partial charge in [0.25, 0.3) is 0 Å². The highest BCUT2D eigenvalue weighted by atomic mass is 32.1. The lowest BCUT2D eigenvalue weighted by Crippen LogP contribution is -2.48. The average Bonchev–Trinajstić information content (AvgIpc) is 2.61. The molecule has 0 aromatic heterocycles. The van der Waals surface area contributed by atoms with E-state index in [0.717, 1.165) is 12.8 Å². The van der Waals surface area contributed by atoms with Gasteiger partial charge in [0, 0.05) is 19.2 Å². The zero-order valence-electron chi connectivity index (χ0n) is 14.0. The smallest absolute Gasteiger partial charge is 0.310 e. The number of carbonyl (C=O) groups is 2. The fraction of sp³-hybridized carbons (Fsp3) is 0.389. The number of nitrogens with zero attached hydrogens (tertiary/aromatic N) is 1. The summed E-state index contributed by atoms with van der Waals surface area (Å²) in [6, 6.07) is 5.80. The fourth-order valence-corrected chi connectivity index (χ4v) is 2.85. The number of carbonyl (C=O) groups excluding carboxylic acids is 2. The first-order valence-corrected chi connectivity index (χ1v) is 8.60. The zero-order valence-corrected chi connectivity index (χ0v) is 14.9. The normalized spacial score (nSPS) is 17.4.